The number of methoxy groups -OCH3 is 3. The number of aryl methyl sites for hydroxylation is 5. The summed E-state index contributed by atoms with van der Waals surface area (Å²) in [6, 6.07) is -5.17. The first-order valence-corrected chi connectivity index (χ1v) is 46.1. The summed E-state index contributed by atoms with van der Waals surface area (Å²) in [5.41, 5.74) is 10.2. The Morgan fingerprint density at radius 2 is 0.704 bits per heavy atom. The van der Waals surface area contributed by atoms with Crippen molar-refractivity contribution in [3.05, 3.63) is 57.4 Å². The van der Waals surface area contributed by atoms with Crippen LogP contribution in [0.25, 0.3) is 0 Å². The van der Waals surface area contributed by atoms with Crippen molar-refractivity contribution in [2.24, 2.45) is 30.7 Å². The Balaban J connectivity index is 0.000000171. The average Bonchev–Trinajstić information content (AvgIpc) is 1.59. The van der Waals surface area contributed by atoms with E-state index in [0.717, 1.165) is 17.1 Å². The van der Waals surface area contributed by atoms with Gasteiger partial charge in [0.25, 0.3) is 55.4 Å². The third-order valence-corrected chi connectivity index (χ3v) is 26.0. The van der Waals surface area contributed by atoms with Gasteiger partial charge in [-0.15, -0.1) is 0 Å². The lowest BCUT2D eigenvalue weighted by atomic mass is 10.0. The van der Waals surface area contributed by atoms with Gasteiger partial charge in [0.1, 0.15) is 62.9 Å². The number of aliphatic imine (C=N–C) groups is 5. The second kappa shape index (κ2) is 43.0. The molecule has 0 spiro atoms. The van der Waals surface area contributed by atoms with Gasteiger partial charge in [-0.3, -0.25) is 102 Å². The van der Waals surface area contributed by atoms with Gasteiger partial charge in [0, 0.05) is 88.4 Å². The monoisotopic (exact) mass is 1990 g/mol. The summed E-state index contributed by atoms with van der Waals surface area (Å²) in [6.45, 7) is 40.4. The maximum absolute atomic E-state index is 13.5. The Morgan fingerprint density at radius 1 is 0.408 bits per heavy atom. The van der Waals surface area contributed by atoms with Gasteiger partial charge in [-0.25, -0.2) is 44.2 Å². The van der Waals surface area contributed by atoms with Crippen molar-refractivity contribution >= 4 is 135 Å². The predicted molar refractivity (Wildman–Crippen MR) is 516 cm³/mol. The fraction of sp³-hybridized carbons (Fsp3) is 0.644. The number of carbonyl (C=O) groups is 12. The molecule has 0 saturated heterocycles. The van der Waals surface area contributed by atoms with Crippen LogP contribution < -0.4 is 46.2 Å². The summed E-state index contributed by atoms with van der Waals surface area (Å²) < 4.78 is 40.4. The second-order valence-electron chi connectivity index (χ2n) is 40.7. The number of nitrogens with one attached hydrogen (secondary N) is 3. The number of anilines is 5. The minimum absolute atomic E-state index is 0.00157. The highest BCUT2D eigenvalue weighted by atomic mass is 17.1. The molecule has 0 radical (unpaired) electrons. The number of aliphatic hydroxyl groups excluding tert-OH is 2. The molecule has 10 aliphatic heterocycles. The van der Waals surface area contributed by atoms with Crippen LogP contribution in [0.15, 0.2) is 31.2 Å². The van der Waals surface area contributed by atoms with Crippen LogP contribution in [0.2, 0.25) is 0 Å². The molecule has 10 aliphatic rings. The van der Waals surface area contributed by atoms with Crippen molar-refractivity contribution in [3.63, 3.8) is 0 Å². The molecule has 142 heavy (non-hydrogen) atoms. The van der Waals surface area contributed by atoms with Crippen LogP contribution in [0.1, 0.15) is 185 Å². The number of hydrogen-bond donors (Lipinski definition) is 7. The van der Waals surface area contributed by atoms with Crippen LogP contribution >= 0.6 is 0 Å². The molecule has 0 bridgehead atoms. The summed E-state index contributed by atoms with van der Waals surface area (Å²) in [5.74, 6) is 1.82. The van der Waals surface area contributed by atoms with E-state index in [4.69, 9.17) is 19.9 Å². The van der Waals surface area contributed by atoms with Gasteiger partial charge in [0.05, 0.1) is 128 Å². The van der Waals surface area contributed by atoms with Gasteiger partial charge >= 0.3 is 18.3 Å². The topological polar surface area (TPSA) is 585 Å². The lowest BCUT2D eigenvalue weighted by Gasteiger charge is -2.44. The highest BCUT2D eigenvalue weighted by molar-refractivity contribution is 5.98. The number of alkyl carbamates (subject to hydrolysis) is 3. The molecule has 0 aromatic carbocycles. The van der Waals surface area contributed by atoms with Gasteiger partial charge in [0.15, 0.2) is 36.4 Å². The van der Waals surface area contributed by atoms with Crippen LogP contribution in [0.4, 0.5) is 44.1 Å². The molecule has 15 rings (SSSR count). The van der Waals surface area contributed by atoms with Crippen LogP contribution in [0.3, 0.4) is 0 Å². The zero-order chi connectivity index (χ0) is 105. The highest BCUT2D eigenvalue weighted by Gasteiger charge is 2.56. The fourth-order valence-corrected chi connectivity index (χ4v) is 18.6. The number of aliphatic hydroxyl groups is 2. The molecule has 17 unspecified atom stereocenters. The zero-order valence-corrected chi connectivity index (χ0v) is 85.5. The Morgan fingerprint density at radius 3 is 1.04 bits per heavy atom. The number of amides is 3. The molecule has 5 aromatic heterocycles. The molecule has 3 amide bonds. The largest absolute Gasteiger partial charge is 0.466 e. The Hall–Kier alpha value is -13.8. The minimum Gasteiger partial charge on any atom is -0.466 e. The van der Waals surface area contributed by atoms with Crippen molar-refractivity contribution in [2.45, 2.75) is 302 Å². The summed E-state index contributed by atoms with van der Waals surface area (Å²) in [6.07, 6.45) is 3.30. The first kappa shape index (κ1) is 109. The number of imidazole rings is 5. The lowest BCUT2D eigenvalue weighted by Crippen LogP contribution is -2.61. The molecule has 0 fully saturated rings. The van der Waals surface area contributed by atoms with Gasteiger partial charge in [0.2, 0.25) is 29.7 Å². The number of nitrogens with zero attached hydrogens (tertiary/aromatic N) is 25. The molecule has 8 N–H and O–H groups in total. The van der Waals surface area contributed by atoms with Crippen molar-refractivity contribution in [1.82, 2.24) is 88.2 Å². The normalized spacial score (nSPS) is 22.4. The lowest BCUT2D eigenvalue weighted by molar-refractivity contribution is -0.285. The average molecular weight is 1990 g/mol. The maximum Gasteiger partial charge on any atom is 0.407 e. The van der Waals surface area contributed by atoms with E-state index in [2.05, 4.69) is 162 Å². The standard InChI is InChI=1S/C20H30N6O7.C20H30N6O6.C20H30N6O5.C17H26N6O4.C13H19N5O/c1-11-13(7-14(33-30)12(8-32-10-27)23-19(29)31-6)26-17(28)15-16(24(5)18(26)22-11)25(9-21-15)20(2,3)4;1-11-13(7-14(28)12(8-32-10-27)23-19(30)31-6)26-17(29)15-16(24(5)18(26)22-11)25(9-21-15)20(2,3)4;1-12-14(8-7-13(9-31-11-27)23-19(29)30-6)26-17(28)15-16(24(5)18(26)22-12)25(10-21-15)20(2,3)4;1-9-10(6-11(25)13(18)27-8-24)23-15(26)12-14(21(5)16(23)20-9)22(7-19-12)17(2,3)4;1-8-6-17-11(19)9-10(16(5)12(17)15-8)18(7-14-9)13(2,3)4/h9-10,12,14-16,30H,7-8H2,1-6H3,(H,23,29);9-10,12,14-16,28H,7-8H2,1-6H3,(H,23,30);10-11,13,15-16H,7-9H2,1-6H3,(H,23,29);7-8,11-14,25H,6,18H2,1-5H3;6-7,9-10H,1-5H3. The van der Waals surface area contributed by atoms with Gasteiger partial charge in [-0.2, -0.15) is 0 Å². The van der Waals surface area contributed by atoms with Crippen molar-refractivity contribution in [2.75, 3.05) is 101 Å². The van der Waals surface area contributed by atoms with E-state index in [0.29, 0.717) is 83.2 Å². The van der Waals surface area contributed by atoms with E-state index in [1.165, 1.54) is 35.0 Å². The number of ether oxygens (including phenoxy) is 7. The van der Waals surface area contributed by atoms with Gasteiger partial charge in [-0.1, -0.05) is 0 Å². The third kappa shape index (κ3) is 21.8. The number of fused-ring (bicyclic) bond motifs is 10. The summed E-state index contributed by atoms with van der Waals surface area (Å²) in [7, 11) is 13.1. The molecule has 17 atom stereocenters. The SMILES string of the molecule is COC(=O)NC(CCc1c(C)nc2n1C(=O)C1N=CN(C(C)(C)C)C1N2C)COC=O.COC(=O)NC(COC=O)C(Cc1c(C)nc2n1C(=O)C1N=CN(C(C)(C)C)C1N2C)OO.COC(=O)NC(COC=O)C(O)Cc1c(C)nc2n1C(=O)C1N=CN(C(C)(C)C)C1N2C.Cc1cn2c(n1)N(C)C1C(N=CN1C(C)(C)C)C2=O.Cc1nc2n(c1CC(O)C(N)OC=O)C(=O)C1N=CN(C(C)(C)C)C1N2C. The number of aromatic nitrogens is 10. The van der Waals surface area contributed by atoms with Crippen molar-refractivity contribution < 1.29 is 111 Å². The first-order chi connectivity index (χ1) is 66.5. The second-order valence-corrected chi connectivity index (χ2v) is 40.7. The van der Waals surface area contributed by atoms with E-state index >= 15 is 0 Å². The molecule has 52 heteroatoms. The highest BCUT2D eigenvalue weighted by Crippen LogP contribution is 2.42. The van der Waals surface area contributed by atoms with E-state index in [-0.39, 0.29) is 153 Å². The van der Waals surface area contributed by atoms with Crippen LogP contribution in [-0.2, 0) is 82.9 Å². The number of likely N-dealkylation sites (N-methyl/N-ethyl adjacent to an activating group) is 5. The van der Waals surface area contributed by atoms with E-state index in [9.17, 15) is 73.0 Å². The van der Waals surface area contributed by atoms with E-state index in [1.807, 2.05) is 130 Å². The molecule has 15 heterocycles. The first-order valence-electron chi connectivity index (χ1n) is 46.1. The Kier molecular flexibility index (Phi) is 32.9. The van der Waals surface area contributed by atoms with Crippen LogP contribution in [-0.4, -0.2) is 401 Å². The summed E-state index contributed by atoms with van der Waals surface area (Å²) in [5, 5.41) is 38.1. The van der Waals surface area contributed by atoms with Crippen LogP contribution in [0.5, 0.6) is 0 Å². The third-order valence-electron chi connectivity index (χ3n) is 26.0. The van der Waals surface area contributed by atoms with Crippen LogP contribution in [0, 0.1) is 34.6 Å². The molecule has 0 saturated carbocycles. The molecule has 778 valence electrons. The maximum atomic E-state index is 13.5. The number of nitrogens with two attached hydrogens (primary N) is 1. The fourth-order valence-electron chi connectivity index (χ4n) is 18.6. The molecule has 52 nitrogen and oxygen atoms in total. The Bertz CT molecular complexity index is 5660. The molecular weight excluding hydrogens is 1860 g/mol. The summed E-state index contributed by atoms with van der Waals surface area (Å²) in [4.78, 5) is 213. The van der Waals surface area contributed by atoms with E-state index < -0.39 is 85.1 Å². The minimum atomic E-state index is -1.18. The molecule has 5 aromatic rings. The van der Waals surface area contributed by atoms with E-state index in [1.54, 1.807) is 67.8 Å². The molecular formula is C90H135N29O23. The zero-order valence-electron chi connectivity index (χ0n) is 85.5. The Labute approximate surface area is 821 Å². The van der Waals surface area contributed by atoms with Crippen molar-refractivity contribution in [3.8, 4) is 0 Å². The molecule has 0 aliphatic carbocycles. The summed E-state index contributed by atoms with van der Waals surface area (Å²) >= 11 is 0. The number of carbonyl (C=O) groups excluding carboxylic acids is 12. The van der Waals surface area contributed by atoms with Gasteiger partial charge < -0.3 is 108 Å². The number of hydrogen-bond acceptors (Lipinski definition) is 44. The number of rotatable bonds is 27. The smallest absolute Gasteiger partial charge is 0.407 e. The predicted octanol–water partition coefficient (Wildman–Crippen LogP) is 1.88. The quantitative estimate of drug-likeness (QED) is 0.0130. The van der Waals surface area contributed by atoms with Gasteiger partial charge in [-0.05, 0) is 151 Å². The van der Waals surface area contributed by atoms with Crippen molar-refractivity contribution in [1.29, 1.82) is 0 Å².